The van der Waals surface area contributed by atoms with E-state index >= 15 is 0 Å². The van der Waals surface area contributed by atoms with E-state index in [0.717, 1.165) is 6.07 Å². The second-order valence-electron chi connectivity index (χ2n) is 3.88. The van der Waals surface area contributed by atoms with Crippen LogP contribution in [0.25, 0.3) is 5.57 Å². The first-order valence-corrected chi connectivity index (χ1v) is 6.57. The highest BCUT2D eigenvalue weighted by Gasteiger charge is 2.28. The Morgan fingerprint density at radius 1 is 1.30 bits per heavy atom. The molecule has 0 aliphatic carbocycles. The number of halogens is 2. The highest BCUT2D eigenvalue weighted by molar-refractivity contribution is 5.80. The molecule has 110 valence electrons. The molecule has 1 aliphatic rings. The maximum atomic E-state index is 13.1. The summed E-state index contributed by atoms with van der Waals surface area (Å²) in [6, 6.07) is 3.19. The molecule has 0 saturated carbocycles. The Morgan fingerprint density at radius 3 is 2.45 bits per heavy atom. The molecule has 0 saturated heterocycles. The van der Waals surface area contributed by atoms with Crippen LogP contribution >= 0.6 is 0 Å². The fraction of sp³-hybridized carbons (Fsp3) is 0.400. The molecule has 0 N–H and O–H groups in total. The van der Waals surface area contributed by atoms with Gasteiger partial charge in [0.2, 0.25) is 0 Å². The molecule has 1 heterocycles. The summed E-state index contributed by atoms with van der Waals surface area (Å²) in [4.78, 5) is 11.4. The van der Waals surface area contributed by atoms with Crippen LogP contribution in [0, 0.1) is 11.6 Å². The van der Waals surface area contributed by atoms with Crippen molar-refractivity contribution >= 4 is 11.5 Å². The number of ether oxygens (including phenoxy) is 2. The van der Waals surface area contributed by atoms with Gasteiger partial charge in [0, 0.05) is 12.5 Å². The maximum Gasteiger partial charge on any atom is 0.347 e. The number of hydrogen-bond donors (Lipinski definition) is 0. The molecule has 1 unspecified atom stereocenters. The second kappa shape index (κ2) is 7.62. The summed E-state index contributed by atoms with van der Waals surface area (Å²) in [5.41, 5.74) is 0.950. The van der Waals surface area contributed by atoms with Gasteiger partial charge in [0.05, 0.1) is 12.9 Å². The smallest absolute Gasteiger partial charge is 0.347 e. The van der Waals surface area contributed by atoms with Gasteiger partial charge in [0.15, 0.2) is 6.10 Å². The van der Waals surface area contributed by atoms with Crippen molar-refractivity contribution in [2.75, 3.05) is 6.61 Å². The summed E-state index contributed by atoms with van der Waals surface area (Å²) in [5.74, 6) is -1.79. The van der Waals surface area contributed by atoms with Gasteiger partial charge in [-0.25, -0.2) is 13.6 Å². The number of hydrogen-bond acceptors (Lipinski definition) is 3. The van der Waals surface area contributed by atoms with Gasteiger partial charge in [-0.1, -0.05) is 13.8 Å². The fourth-order valence-corrected chi connectivity index (χ4v) is 1.76. The van der Waals surface area contributed by atoms with Crippen molar-refractivity contribution in [3.8, 4) is 0 Å². The first-order valence-electron chi connectivity index (χ1n) is 6.57. The lowest BCUT2D eigenvalue weighted by Gasteiger charge is -2.08. The number of benzene rings is 1. The predicted octanol–water partition coefficient (Wildman–Crippen LogP) is 3.68. The van der Waals surface area contributed by atoms with Crippen LogP contribution in [0.3, 0.4) is 0 Å². The van der Waals surface area contributed by atoms with Crippen LogP contribution in [-0.4, -0.2) is 18.7 Å². The minimum absolute atomic E-state index is 0.252. The van der Waals surface area contributed by atoms with E-state index < -0.39 is 23.7 Å². The Hall–Kier alpha value is -1.91. The average Bonchev–Trinajstić information content (AvgIpc) is 2.90. The number of rotatable bonds is 3. The molecule has 1 aliphatic heterocycles. The molecule has 1 atom stereocenters. The molecule has 1 aromatic rings. The van der Waals surface area contributed by atoms with Gasteiger partial charge in [-0.15, -0.1) is 0 Å². The van der Waals surface area contributed by atoms with E-state index in [1.165, 1.54) is 18.4 Å². The predicted molar refractivity (Wildman–Crippen MR) is 71.8 cm³/mol. The molecule has 0 bridgehead atoms. The largest absolute Gasteiger partial charge is 0.486 e. The van der Waals surface area contributed by atoms with Crippen molar-refractivity contribution in [1.29, 1.82) is 0 Å². The van der Waals surface area contributed by atoms with E-state index in [2.05, 4.69) is 0 Å². The van der Waals surface area contributed by atoms with E-state index in [4.69, 9.17) is 9.47 Å². The summed E-state index contributed by atoms with van der Waals surface area (Å²) in [6.45, 7) is 5.96. The van der Waals surface area contributed by atoms with Gasteiger partial charge >= 0.3 is 5.97 Å². The molecule has 0 amide bonds. The maximum absolute atomic E-state index is 13.1. The average molecular weight is 284 g/mol. The first kappa shape index (κ1) is 16.1. The third-order valence-corrected chi connectivity index (χ3v) is 2.56. The summed E-state index contributed by atoms with van der Waals surface area (Å²) in [5, 5.41) is 0. The van der Waals surface area contributed by atoms with E-state index in [0.29, 0.717) is 11.1 Å². The van der Waals surface area contributed by atoms with Gasteiger partial charge in [0.1, 0.15) is 11.6 Å². The van der Waals surface area contributed by atoms with Crippen LogP contribution in [0.4, 0.5) is 8.78 Å². The molecule has 0 aromatic heterocycles. The molecule has 5 heteroatoms. The number of esters is 1. The van der Waals surface area contributed by atoms with Gasteiger partial charge in [-0.05, 0) is 30.2 Å². The molecule has 20 heavy (non-hydrogen) atoms. The van der Waals surface area contributed by atoms with Crippen LogP contribution in [-0.2, 0) is 14.3 Å². The Balaban J connectivity index is 0.000000956. The topological polar surface area (TPSA) is 35.5 Å². The zero-order valence-electron chi connectivity index (χ0n) is 11.8. The van der Waals surface area contributed by atoms with Crippen molar-refractivity contribution in [2.45, 2.75) is 33.3 Å². The third-order valence-electron chi connectivity index (χ3n) is 2.56. The number of carbonyl (C=O) groups excluding carboxylic acids is 1. The standard InChI is InChI=1S/C13H12F2O3.C2H6/c1-2-17-13(16)12-5-9(7-18-12)8-3-10(14)6-11(15)4-8;1-2/h3-4,6-7,12H,2,5H2,1H3;1-2H3. The molecule has 2 rings (SSSR count). The van der Waals surface area contributed by atoms with Crippen LogP contribution in [0.5, 0.6) is 0 Å². The van der Waals surface area contributed by atoms with Gasteiger partial charge in [-0.3, -0.25) is 0 Å². The van der Waals surface area contributed by atoms with Crippen molar-refractivity contribution in [3.05, 3.63) is 41.7 Å². The Morgan fingerprint density at radius 2 is 1.90 bits per heavy atom. The minimum atomic E-state index is -0.730. The Kier molecular flexibility index (Phi) is 6.15. The molecule has 0 fully saturated rings. The Bertz CT molecular complexity index is 478. The first-order chi connectivity index (χ1) is 9.60. The lowest BCUT2D eigenvalue weighted by atomic mass is 10.0. The molecular weight excluding hydrogens is 266 g/mol. The van der Waals surface area contributed by atoms with Crippen molar-refractivity contribution in [3.63, 3.8) is 0 Å². The van der Waals surface area contributed by atoms with Gasteiger partial charge in [-0.2, -0.15) is 0 Å². The molecule has 0 spiro atoms. The lowest BCUT2D eigenvalue weighted by Crippen LogP contribution is -2.22. The zero-order valence-corrected chi connectivity index (χ0v) is 11.8. The van der Waals surface area contributed by atoms with Crippen LogP contribution in [0.1, 0.15) is 32.8 Å². The van der Waals surface area contributed by atoms with E-state index in [-0.39, 0.29) is 13.0 Å². The highest BCUT2D eigenvalue weighted by Crippen LogP contribution is 2.28. The quantitative estimate of drug-likeness (QED) is 0.794. The van der Waals surface area contributed by atoms with Crippen molar-refractivity contribution in [2.24, 2.45) is 0 Å². The highest BCUT2D eigenvalue weighted by atomic mass is 19.1. The van der Waals surface area contributed by atoms with Crippen molar-refractivity contribution < 1.29 is 23.0 Å². The Labute approximate surface area is 117 Å². The molecular formula is C15H18F2O3. The SMILES string of the molecule is CC.CCOC(=O)C1CC(c2cc(F)cc(F)c2)=CO1. The van der Waals surface area contributed by atoms with Gasteiger partial charge in [0.25, 0.3) is 0 Å². The van der Waals surface area contributed by atoms with Crippen LogP contribution in [0.15, 0.2) is 24.5 Å². The number of carbonyl (C=O) groups is 1. The second-order valence-corrected chi connectivity index (χ2v) is 3.88. The summed E-state index contributed by atoms with van der Waals surface area (Å²) in [7, 11) is 0. The van der Waals surface area contributed by atoms with E-state index in [9.17, 15) is 13.6 Å². The van der Waals surface area contributed by atoms with Crippen molar-refractivity contribution in [1.82, 2.24) is 0 Å². The minimum Gasteiger partial charge on any atom is -0.486 e. The molecule has 3 nitrogen and oxygen atoms in total. The lowest BCUT2D eigenvalue weighted by molar-refractivity contribution is -0.152. The van der Waals surface area contributed by atoms with Crippen LogP contribution in [0.2, 0.25) is 0 Å². The molecule has 1 aromatic carbocycles. The van der Waals surface area contributed by atoms with E-state index in [1.54, 1.807) is 6.92 Å². The monoisotopic (exact) mass is 284 g/mol. The normalized spacial score (nSPS) is 16.6. The fourth-order valence-electron chi connectivity index (χ4n) is 1.76. The van der Waals surface area contributed by atoms with E-state index in [1.807, 2.05) is 13.8 Å². The molecule has 0 radical (unpaired) electrons. The summed E-state index contributed by atoms with van der Waals surface area (Å²) in [6.07, 6.45) is 0.864. The van der Waals surface area contributed by atoms with Gasteiger partial charge < -0.3 is 9.47 Å². The van der Waals surface area contributed by atoms with Crippen LogP contribution < -0.4 is 0 Å². The third kappa shape index (κ3) is 4.05. The summed E-state index contributed by atoms with van der Waals surface area (Å²) < 4.78 is 36.1. The zero-order chi connectivity index (χ0) is 15.1. The summed E-state index contributed by atoms with van der Waals surface area (Å²) >= 11 is 0.